The van der Waals surface area contributed by atoms with Crippen LogP contribution in [0.15, 0.2) is 60.9 Å². The van der Waals surface area contributed by atoms with Crippen LogP contribution in [0.2, 0.25) is 10.0 Å². The first-order valence-corrected chi connectivity index (χ1v) is 13.7. The van der Waals surface area contributed by atoms with Crippen LogP contribution in [0.1, 0.15) is 43.0 Å². The molecule has 8 nitrogen and oxygen atoms in total. The Bertz CT molecular complexity index is 1510. The van der Waals surface area contributed by atoms with Crippen LogP contribution in [0.3, 0.4) is 0 Å². The van der Waals surface area contributed by atoms with Gasteiger partial charge in [0.25, 0.3) is 0 Å². The summed E-state index contributed by atoms with van der Waals surface area (Å²) < 4.78 is 28.5. The van der Waals surface area contributed by atoms with Crippen molar-refractivity contribution in [3.8, 4) is 17.2 Å². The Morgan fingerprint density at radius 1 is 0.976 bits per heavy atom. The minimum absolute atomic E-state index is 0.157. The SMILES string of the molecule is COC(=O)[C@@H]1Cc2cc3c(cc2CN1C(=O)OC(C)(C)C)OC(c1ccc(OCc2ccc(Cl)c(Cl)c2)cc1)=CO3. The molecule has 0 radical (unpaired) electrons. The molecule has 0 N–H and O–H groups in total. The molecule has 0 aromatic heterocycles. The van der Waals surface area contributed by atoms with Crippen molar-refractivity contribution in [3.63, 3.8) is 0 Å². The molecular formula is C31H29Cl2NO7. The predicted octanol–water partition coefficient (Wildman–Crippen LogP) is 7.18. The molecule has 3 aromatic rings. The minimum Gasteiger partial charge on any atom is -0.489 e. The van der Waals surface area contributed by atoms with Crippen LogP contribution >= 0.6 is 23.2 Å². The van der Waals surface area contributed by atoms with E-state index in [1.807, 2.05) is 42.5 Å². The highest BCUT2D eigenvalue weighted by atomic mass is 35.5. The van der Waals surface area contributed by atoms with Gasteiger partial charge >= 0.3 is 12.1 Å². The second-order valence-electron chi connectivity index (χ2n) is 10.7. The fourth-order valence-corrected chi connectivity index (χ4v) is 4.84. The topological polar surface area (TPSA) is 83.5 Å². The zero-order chi connectivity index (χ0) is 29.3. The molecule has 1 amide bonds. The summed E-state index contributed by atoms with van der Waals surface area (Å²) in [5.41, 5.74) is 2.66. The predicted molar refractivity (Wildman–Crippen MR) is 154 cm³/mol. The van der Waals surface area contributed by atoms with Crippen molar-refractivity contribution in [2.45, 2.75) is 52.0 Å². The van der Waals surface area contributed by atoms with Gasteiger partial charge in [-0.2, -0.15) is 0 Å². The van der Waals surface area contributed by atoms with E-state index >= 15 is 0 Å². The number of carbonyl (C=O) groups is 2. The van der Waals surface area contributed by atoms with E-state index in [1.54, 1.807) is 32.9 Å². The molecule has 2 heterocycles. The summed E-state index contributed by atoms with van der Waals surface area (Å²) in [4.78, 5) is 26.9. The van der Waals surface area contributed by atoms with Crippen LogP contribution in [-0.2, 0) is 33.8 Å². The molecule has 3 aromatic carbocycles. The highest BCUT2D eigenvalue weighted by Gasteiger charge is 2.38. The zero-order valence-corrected chi connectivity index (χ0v) is 24.5. The number of fused-ring (bicyclic) bond motifs is 2. The van der Waals surface area contributed by atoms with Crippen molar-refractivity contribution in [2.75, 3.05) is 7.11 Å². The molecule has 0 spiro atoms. The molecule has 0 bridgehead atoms. The summed E-state index contributed by atoms with van der Waals surface area (Å²) in [5, 5.41) is 0.975. The molecule has 0 aliphatic carbocycles. The maximum atomic E-state index is 13.0. The van der Waals surface area contributed by atoms with Crippen molar-refractivity contribution in [1.82, 2.24) is 4.90 Å². The lowest BCUT2D eigenvalue weighted by molar-refractivity contribution is -0.147. The number of amides is 1. The van der Waals surface area contributed by atoms with E-state index in [-0.39, 0.29) is 13.0 Å². The summed E-state index contributed by atoms with van der Waals surface area (Å²) in [7, 11) is 1.30. The number of rotatable bonds is 5. The van der Waals surface area contributed by atoms with Gasteiger partial charge in [0.1, 0.15) is 30.3 Å². The normalized spacial score (nSPS) is 15.9. The molecule has 0 unspecified atom stereocenters. The number of halogens is 2. The summed E-state index contributed by atoms with van der Waals surface area (Å²) in [5.74, 6) is 1.70. The monoisotopic (exact) mass is 597 g/mol. The Morgan fingerprint density at radius 2 is 1.71 bits per heavy atom. The van der Waals surface area contributed by atoms with Gasteiger partial charge in [-0.3, -0.25) is 4.90 Å². The van der Waals surface area contributed by atoms with E-state index in [2.05, 4.69) is 0 Å². The fraction of sp³-hybridized carbons (Fsp3) is 0.290. The fourth-order valence-electron chi connectivity index (χ4n) is 4.52. The van der Waals surface area contributed by atoms with Crippen molar-refractivity contribution in [1.29, 1.82) is 0 Å². The minimum atomic E-state index is -0.812. The average Bonchev–Trinajstić information content (AvgIpc) is 2.94. The molecule has 0 saturated heterocycles. The lowest BCUT2D eigenvalue weighted by Crippen LogP contribution is -2.50. The van der Waals surface area contributed by atoms with Gasteiger partial charge in [-0.25, -0.2) is 9.59 Å². The van der Waals surface area contributed by atoms with Crippen LogP contribution < -0.4 is 14.2 Å². The third-order valence-corrected chi connectivity index (χ3v) is 7.28. The van der Waals surface area contributed by atoms with Gasteiger partial charge in [0.2, 0.25) is 0 Å². The first-order chi connectivity index (χ1) is 19.5. The van der Waals surface area contributed by atoms with Crippen molar-refractivity contribution >= 4 is 41.0 Å². The summed E-state index contributed by atoms with van der Waals surface area (Å²) in [6, 6.07) is 15.6. The molecule has 10 heteroatoms. The Hall–Kier alpha value is -3.88. The third-order valence-electron chi connectivity index (χ3n) is 6.54. The molecule has 1 atom stereocenters. The molecular weight excluding hydrogens is 569 g/mol. The van der Waals surface area contributed by atoms with Crippen LogP contribution in [0.5, 0.6) is 17.2 Å². The number of esters is 1. The van der Waals surface area contributed by atoms with Gasteiger partial charge in [0.15, 0.2) is 17.3 Å². The van der Waals surface area contributed by atoms with E-state index < -0.39 is 23.7 Å². The Morgan fingerprint density at radius 3 is 2.39 bits per heavy atom. The van der Waals surface area contributed by atoms with E-state index in [9.17, 15) is 9.59 Å². The van der Waals surface area contributed by atoms with Gasteiger partial charge < -0.3 is 23.7 Å². The van der Waals surface area contributed by atoms with E-state index in [1.165, 1.54) is 18.3 Å². The third kappa shape index (κ3) is 6.55. The summed E-state index contributed by atoms with van der Waals surface area (Å²) in [6.07, 6.45) is 1.21. The second-order valence-corrected chi connectivity index (χ2v) is 11.5. The number of hydrogen-bond acceptors (Lipinski definition) is 7. The lowest BCUT2D eigenvalue weighted by Gasteiger charge is -2.36. The summed E-state index contributed by atoms with van der Waals surface area (Å²) in [6.45, 7) is 5.83. The molecule has 0 fully saturated rings. The molecule has 2 aliphatic heterocycles. The first kappa shape index (κ1) is 28.6. The largest absolute Gasteiger partial charge is 0.489 e. The van der Waals surface area contributed by atoms with Crippen LogP contribution in [0.4, 0.5) is 4.79 Å². The maximum Gasteiger partial charge on any atom is 0.411 e. The van der Waals surface area contributed by atoms with Gasteiger partial charge in [0, 0.05) is 12.0 Å². The molecule has 41 heavy (non-hydrogen) atoms. The quantitative estimate of drug-likeness (QED) is 0.288. The van der Waals surface area contributed by atoms with E-state index in [0.29, 0.717) is 39.7 Å². The van der Waals surface area contributed by atoms with Gasteiger partial charge in [-0.05, 0) is 86.0 Å². The van der Waals surface area contributed by atoms with Gasteiger partial charge in [0.05, 0.1) is 23.7 Å². The van der Waals surface area contributed by atoms with Crippen LogP contribution in [0, 0.1) is 0 Å². The van der Waals surface area contributed by atoms with E-state index in [4.69, 9.17) is 46.9 Å². The lowest BCUT2D eigenvalue weighted by atomic mass is 9.93. The molecule has 214 valence electrons. The number of methoxy groups -OCH3 is 1. The summed E-state index contributed by atoms with van der Waals surface area (Å²) >= 11 is 12.1. The van der Waals surface area contributed by atoms with Crippen molar-refractivity contribution < 1.29 is 33.3 Å². The molecule has 0 saturated carbocycles. The van der Waals surface area contributed by atoms with Gasteiger partial charge in [-0.1, -0.05) is 29.3 Å². The number of nitrogens with zero attached hydrogens (tertiary/aromatic N) is 1. The number of hydrogen-bond donors (Lipinski definition) is 0. The smallest absolute Gasteiger partial charge is 0.411 e. The number of ether oxygens (including phenoxy) is 5. The van der Waals surface area contributed by atoms with Gasteiger partial charge in [-0.15, -0.1) is 0 Å². The van der Waals surface area contributed by atoms with Crippen molar-refractivity contribution in [2.24, 2.45) is 0 Å². The standard InChI is InChI=1S/C31H29Cl2NO7/c1-31(2,3)41-30(36)34-15-21-14-27-26(13-20(21)12-25(34)29(35)37-4)39-17-28(40-27)19-6-8-22(9-7-19)38-16-18-5-10-23(32)24(33)11-18/h5-11,13-14,17,25H,12,15-16H2,1-4H3/t25-/m0/s1. The number of benzene rings is 3. The molecule has 5 rings (SSSR count). The highest BCUT2D eigenvalue weighted by Crippen LogP contribution is 2.40. The average molecular weight is 598 g/mol. The maximum absolute atomic E-state index is 13.0. The Kier molecular flexibility index (Phi) is 8.07. The van der Waals surface area contributed by atoms with Crippen molar-refractivity contribution in [3.05, 3.63) is 93.2 Å². The zero-order valence-electron chi connectivity index (χ0n) is 23.0. The van der Waals surface area contributed by atoms with E-state index in [0.717, 1.165) is 22.3 Å². The Balaban J connectivity index is 1.30. The highest BCUT2D eigenvalue weighted by molar-refractivity contribution is 6.42. The Labute approximate surface area is 248 Å². The van der Waals surface area contributed by atoms with Crippen LogP contribution in [-0.4, -0.2) is 35.7 Å². The molecule has 2 aliphatic rings. The second kappa shape index (κ2) is 11.5. The van der Waals surface area contributed by atoms with Crippen LogP contribution in [0.25, 0.3) is 5.76 Å². The number of carbonyl (C=O) groups excluding carboxylic acids is 2. The first-order valence-electron chi connectivity index (χ1n) is 13.0.